The number of carbonyl (C=O) groups excluding carboxylic acids is 1. The summed E-state index contributed by atoms with van der Waals surface area (Å²) in [7, 11) is 0. The van der Waals surface area contributed by atoms with Crippen LogP contribution in [0.2, 0.25) is 0 Å². The number of halogens is 2. The Labute approximate surface area is 133 Å². The zero-order valence-corrected chi connectivity index (χ0v) is 13.9. The smallest absolute Gasteiger partial charge is 0.256 e. The van der Waals surface area contributed by atoms with Gasteiger partial charge in [0.25, 0.3) is 5.91 Å². The molecule has 2 rings (SSSR count). The first-order valence-corrected chi connectivity index (χ1v) is 7.47. The third-order valence-corrected chi connectivity index (χ3v) is 4.81. The molecule has 0 aliphatic carbocycles. The van der Waals surface area contributed by atoms with Gasteiger partial charge in [-0.05, 0) is 75.3 Å². The van der Waals surface area contributed by atoms with Gasteiger partial charge in [0.2, 0.25) is 0 Å². The summed E-state index contributed by atoms with van der Waals surface area (Å²) in [5, 5.41) is 2.87. The van der Waals surface area contributed by atoms with Crippen molar-refractivity contribution in [2.75, 3.05) is 11.1 Å². The SMILES string of the molecule is Cc1cccc(C(=O)Nc2ccc(N)c(Br)c2)c1I. The van der Waals surface area contributed by atoms with Crippen LogP contribution in [-0.4, -0.2) is 5.91 Å². The average molecular weight is 431 g/mol. The molecule has 0 bridgehead atoms. The van der Waals surface area contributed by atoms with Crippen LogP contribution in [0.3, 0.4) is 0 Å². The molecule has 0 aliphatic heterocycles. The first kappa shape index (κ1) is 14.3. The predicted molar refractivity (Wildman–Crippen MR) is 90.4 cm³/mol. The highest BCUT2D eigenvalue weighted by Gasteiger charge is 2.11. The maximum absolute atomic E-state index is 12.2. The summed E-state index contributed by atoms with van der Waals surface area (Å²) in [6, 6.07) is 11.0. The van der Waals surface area contributed by atoms with Gasteiger partial charge in [-0.15, -0.1) is 0 Å². The highest BCUT2D eigenvalue weighted by Crippen LogP contribution is 2.24. The Kier molecular flexibility index (Phi) is 4.46. The Balaban J connectivity index is 2.26. The molecule has 0 heterocycles. The second-order valence-corrected chi connectivity index (χ2v) is 6.06. The van der Waals surface area contributed by atoms with Crippen LogP contribution in [0, 0.1) is 10.5 Å². The van der Waals surface area contributed by atoms with Gasteiger partial charge in [-0.2, -0.15) is 0 Å². The lowest BCUT2D eigenvalue weighted by molar-refractivity contribution is 0.102. The second kappa shape index (κ2) is 5.92. The van der Waals surface area contributed by atoms with Gasteiger partial charge in [0, 0.05) is 19.4 Å². The molecule has 0 atom stereocenters. The summed E-state index contributed by atoms with van der Waals surface area (Å²) in [5.74, 6) is -0.121. The van der Waals surface area contributed by atoms with E-state index in [2.05, 4.69) is 43.8 Å². The van der Waals surface area contributed by atoms with E-state index in [9.17, 15) is 4.79 Å². The van der Waals surface area contributed by atoms with Gasteiger partial charge in [-0.1, -0.05) is 12.1 Å². The number of amides is 1. The van der Waals surface area contributed by atoms with E-state index < -0.39 is 0 Å². The number of benzene rings is 2. The molecular formula is C14H12BrIN2O. The molecule has 5 heteroatoms. The van der Waals surface area contributed by atoms with Gasteiger partial charge in [0.1, 0.15) is 0 Å². The molecule has 0 aliphatic rings. The average Bonchev–Trinajstić information content (AvgIpc) is 2.37. The van der Waals surface area contributed by atoms with Crippen molar-refractivity contribution < 1.29 is 4.79 Å². The number of aryl methyl sites for hydroxylation is 1. The molecule has 2 aromatic carbocycles. The molecule has 1 amide bonds. The van der Waals surface area contributed by atoms with E-state index in [1.54, 1.807) is 18.2 Å². The van der Waals surface area contributed by atoms with Gasteiger partial charge in [-0.25, -0.2) is 0 Å². The van der Waals surface area contributed by atoms with E-state index in [1.807, 2.05) is 25.1 Å². The number of carbonyl (C=O) groups is 1. The Bertz CT molecular complexity index is 643. The Morgan fingerprint density at radius 1 is 1.32 bits per heavy atom. The van der Waals surface area contributed by atoms with Crippen LogP contribution >= 0.6 is 38.5 Å². The zero-order chi connectivity index (χ0) is 14.0. The standard InChI is InChI=1S/C14H12BrIN2O/c1-8-3-2-4-10(13(8)16)14(19)18-9-5-6-12(17)11(15)7-9/h2-7H,17H2,1H3,(H,18,19). The minimum absolute atomic E-state index is 0.121. The quantitative estimate of drug-likeness (QED) is 0.554. The molecule has 3 N–H and O–H groups in total. The second-order valence-electron chi connectivity index (χ2n) is 4.13. The molecular weight excluding hydrogens is 419 g/mol. The molecule has 0 unspecified atom stereocenters. The fraction of sp³-hybridized carbons (Fsp3) is 0.0714. The number of hydrogen-bond acceptors (Lipinski definition) is 2. The van der Waals surface area contributed by atoms with Crippen molar-refractivity contribution in [2.45, 2.75) is 6.92 Å². The monoisotopic (exact) mass is 430 g/mol. The first-order chi connectivity index (χ1) is 8.99. The Morgan fingerprint density at radius 3 is 2.74 bits per heavy atom. The lowest BCUT2D eigenvalue weighted by Crippen LogP contribution is -2.14. The molecule has 0 saturated heterocycles. The predicted octanol–water partition coefficient (Wildman–Crippen LogP) is 4.20. The van der Waals surface area contributed by atoms with Gasteiger partial charge in [-0.3, -0.25) is 4.79 Å². The zero-order valence-electron chi connectivity index (χ0n) is 10.2. The molecule has 19 heavy (non-hydrogen) atoms. The third kappa shape index (κ3) is 3.27. The number of hydrogen-bond donors (Lipinski definition) is 2. The summed E-state index contributed by atoms with van der Waals surface area (Å²) in [6.07, 6.45) is 0. The maximum atomic E-state index is 12.2. The summed E-state index contributed by atoms with van der Waals surface area (Å²) >= 11 is 5.53. The number of nitrogen functional groups attached to an aromatic ring is 1. The maximum Gasteiger partial charge on any atom is 0.256 e. The van der Waals surface area contributed by atoms with Gasteiger partial charge >= 0.3 is 0 Å². The molecule has 0 spiro atoms. The fourth-order valence-corrected chi connectivity index (χ4v) is 2.61. The Morgan fingerprint density at radius 2 is 2.05 bits per heavy atom. The van der Waals surface area contributed by atoms with Crippen molar-refractivity contribution in [2.24, 2.45) is 0 Å². The fourth-order valence-electron chi connectivity index (χ4n) is 1.63. The van der Waals surface area contributed by atoms with E-state index >= 15 is 0 Å². The van der Waals surface area contributed by atoms with Crippen molar-refractivity contribution in [1.82, 2.24) is 0 Å². The Hall–Kier alpha value is -1.08. The molecule has 2 aromatic rings. The van der Waals surface area contributed by atoms with Crippen LogP contribution in [0.15, 0.2) is 40.9 Å². The topological polar surface area (TPSA) is 55.1 Å². The van der Waals surface area contributed by atoms with Crippen LogP contribution in [-0.2, 0) is 0 Å². The van der Waals surface area contributed by atoms with Crippen molar-refractivity contribution >= 4 is 55.8 Å². The number of nitrogens with one attached hydrogen (secondary N) is 1. The molecule has 0 radical (unpaired) electrons. The van der Waals surface area contributed by atoms with Crippen molar-refractivity contribution in [3.8, 4) is 0 Å². The summed E-state index contributed by atoms with van der Waals surface area (Å²) in [6.45, 7) is 1.98. The van der Waals surface area contributed by atoms with E-state index in [0.29, 0.717) is 16.9 Å². The molecule has 3 nitrogen and oxygen atoms in total. The minimum atomic E-state index is -0.121. The van der Waals surface area contributed by atoms with Crippen LogP contribution in [0.25, 0.3) is 0 Å². The number of rotatable bonds is 2. The van der Waals surface area contributed by atoms with E-state index in [0.717, 1.165) is 13.6 Å². The highest BCUT2D eigenvalue weighted by molar-refractivity contribution is 14.1. The third-order valence-electron chi connectivity index (χ3n) is 2.69. The summed E-state index contributed by atoms with van der Waals surface area (Å²) < 4.78 is 1.73. The largest absolute Gasteiger partial charge is 0.398 e. The lowest BCUT2D eigenvalue weighted by Gasteiger charge is -2.09. The van der Waals surface area contributed by atoms with E-state index in [-0.39, 0.29) is 5.91 Å². The summed E-state index contributed by atoms with van der Waals surface area (Å²) in [5.41, 5.74) is 8.83. The molecule has 0 fully saturated rings. The van der Waals surface area contributed by atoms with Crippen LogP contribution in [0.4, 0.5) is 11.4 Å². The highest BCUT2D eigenvalue weighted by atomic mass is 127. The van der Waals surface area contributed by atoms with Gasteiger partial charge < -0.3 is 11.1 Å². The molecule has 0 aromatic heterocycles. The van der Waals surface area contributed by atoms with E-state index in [4.69, 9.17) is 5.73 Å². The number of nitrogens with two attached hydrogens (primary N) is 1. The van der Waals surface area contributed by atoms with Crippen molar-refractivity contribution in [3.05, 3.63) is 55.6 Å². The van der Waals surface area contributed by atoms with Crippen LogP contribution in [0.5, 0.6) is 0 Å². The van der Waals surface area contributed by atoms with Crippen LogP contribution in [0.1, 0.15) is 15.9 Å². The normalized spacial score (nSPS) is 10.3. The van der Waals surface area contributed by atoms with E-state index in [1.165, 1.54) is 0 Å². The van der Waals surface area contributed by atoms with Gasteiger partial charge in [0.05, 0.1) is 5.56 Å². The van der Waals surface area contributed by atoms with Gasteiger partial charge in [0.15, 0.2) is 0 Å². The van der Waals surface area contributed by atoms with Crippen molar-refractivity contribution in [1.29, 1.82) is 0 Å². The summed E-state index contributed by atoms with van der Waals surface area (Å²) in [4.78, 5) is 12.2. The minimum Gasteiger partial charge on any atom is -0.398 e. The van der Waals surface area contributed by atoms with Crippen molar-refractivity contribution in [3.63, 3.8) is 0 Å². The molecule has 98 valence electrons. The lowest BCUT2D eigenvalue weighted by atomic mass is 10.1. The van der Waals surface area contributed by atoms with Crippen LogP contribution < -0.4 is 11.1 Å². The molecule has 0 saturated carbocycles. The first-order valence-electron chi connectivity index (χ1n) is 5.60. The number of anilines is 2.